The first-order chi connectivity index (χ1) is 15.3. The lowest BCUT2D eigenvalue weighted by Gasteiger charge is -2.32. The lowest BCUT2D eigenvalue weighted by Crippen LogP contribution is -2.33. The summed E-state index contributed by atoms with van der Waals surface area (Å²) in [6, 6.07) is 3.51. The van der Waals surface area contributed by atoms with E-state index >= 15 is 0 Å². The van der Waals surface area contributed by atoms with Crippen LogP contribution in [0.2, 0.25) is 0 Å². The first-order valence-corrected chi connectivity index (χ1v) is 11.7. The van der Waals surface area contributed by atoms with Crippen molar-refractivity contribution in [2.45, 2.75) is 58.4 Å². The SMILES string of the molecule is CC(=O)CC(=O)C(CO)C(CCO)CC1CC(=O)c2c(O)ccc(CN3CCCC3)c2C1. The number of hydrogen-bond acceptors (Lipinski definition) is 7. The van der Waals surface area contributed by atoms with Gasteiger partial charge >= 0.3 is 0 Å². The normalized spacial score (nSPS) is 20.7. The summed E-state index contributed by atoms with van der Waals surface area (Å²) in [6.45, 7) is 3.64. The number of carbonyl (C=O) groups is 3. The van der Waals surface area contributed by atoms with E-state index in [0.717, 1.165) is 30.8 Å². The molecule has 7 nitrogen and oxygen atoms in total. The summed E-state index contributed by atoms with van der Waals surface area (Å²) >= 11 is 0. The van der Waals surface area contributed by atoms with Crippen LogP contribution in [-0.2, 0) is 22.6 Å². The van der Waals surface area contributed by atoms with Gasteiger partial charge in [-0.1, -0.05) is 6.07 Å². The average Bonchev–Trinajstić information content (AvgIpc) is 3.23. The van der Waals surface area contributed by atoms with Gasteiger partial charge in [-0.05, 0) is 81.1 Å². The number of aliphatic hydroxyl groups excluding tert-OH is 2. The van der Waals surface area contributed by atoms with E-state index in [4.69, 9.17) is 0 Å². The Bertz CT molecular complexity index is 845. The second-order valence-electron chi connectivity index (χ2n) is 9.42. The summed E-state index contributed by atoms with van der Waals surface area (Å²) in [6.07, 6.45) is 3.80. The molecule has 0 saturated carbocycles. The largest absolute Gasteiger partial charge is 0.507 e. The van der Waals surface area contributed by atoms with Gasteiger partial charge in [-0.3, -0.25) is 19.3 Å². The summed E-state index contributed by atoms with van der Waals surface area (Å²) in [7, 11) is 0. The number of phenols is 1. The summed E-state index contributed by atoms with van der Waals surface area (Å²) in [5, 5.41) is 29.8. The molecule has 1 aliphatic carbocycles. The molecule has 1 heterocycles. The van der Waals surface area contributed by atoms with Crippen molar-refractivity contribution < 1.29 is 29.7 Å². The van der Waals surface area contributed by atoms with Crippen molar-refractivity contribution in [1.29, 1.82) is 0 Å². The van der Waals surface area contributed by atoms with Crippen molar-refractivity contribution in [2.75, 3.05) is 26.3 Å². The number of fused-ring (bicyclic) bond motifs is 1. The Kier molecular flexibility index (Phi) is 8.57. The summed E-state index contributed by atoms with van der Waals surface area (Å²) in [4.78, 5) is 39.3. The van der Waals surface area contributed by atoms with Crippen molar-refractivity contribution in [1.82, 2.24) is 4.90 Å². The summed E-state index contributed by atoms with van der Waals surface area (Å²) in [5.41, 5.74) is 2.36. The number of Topliss-reactive ketones (excluding diaryl/α,β-unsaturated/α-hetero) is 3. The number of aliphatic hydroxyl groups is 2. The number of hydrogen-bond donors (Lipinski definition) is 3. The van der Waals surface area contributed by atoms with Crippen LogP contribution in [0.5, 0.6) is 5.75 Å². The zero-order chi connectivity index (χ0) is 23.3. The van der Waals surface area contributed by atoms with Crippen LogP contribution in [0.3, 0.4) is 0 Å². The number of rotatable bonds is 11. The molecule has 0 radical (unpaired) electrons. The summed E-state index contributed by atoms with van der Waals surface area (Å²) in [5.74, 6) is -1.73. The van der Waals surface area contributed by atoms with Gasteiger partial charge in [0.05, 0.1) is 18.6 Å². The van der Waals surface area contributed by atoms with E-state index in [0.29, 0.717) is 24.8 Å². The predicted molar refractivity (Wildman–Crippen MR) is 119 cm³/mol. The zero-order valence-electron chi connectivity index (χ0n) is 18.9. The maximum Gasteiger partial charge on any atom is 0.167 e. The van der Waals surface area contributed by atoms with E-state index in [2.05, 4.69) is 4.90 Å². The van der Waals surface area contributed by atoms with Crippen LogP contribution < -0.4 is 0 Å². The number of ketones is 3. The van der Waals surface area contributed by atoms with Gasteiger partial charge in [-0.15, -0.1) is 0 Å². The minimum absolute atomic E-state index is 0.0189. The van der Waals surface area contributed by atoms with Gasteiger partial charge in [0.1, 0.15) is 17.3 Å². The molecule has 1 fully saturated rings. The number of benzene rings is 1. The molecule has 32 heavy (non-hydrogen) atoms. The number of phenolic OH excluding ortho intramolecular Hbond substituents is 1. The molecule has 0 spiro atoms. The van der Waals surface area contributed by atoms with Gasteiger partial charge in [-0.25, -0.2) is 0 Å². The van der Waals surface area contributed by atoms with Crippen LogP contribution >= 0.6 is 0 Å². The minimum Gasteiger partial charge on any atom is -0.507 e. The summed E-state index contributed by atoms with van der Waals surface area (Å²) < 4.78 is 0. The smallest absolute Gasteiger partial charge is 0.167 e. The molecule has 176 valence electrons. The van der Waals surface area contributed by atoms with Crippen molar-refractivity contribution in [3.05, 3.63) is 28.8 Å². The third-order valence-corrected chi connectivity index (χ3v) is 6.96. The molecule has 1 saturated heterocycles. The van der Waals surface area contributed by atoms with Gasteiger partial charge < -0.3 is 15.3 Å². The minimum atomic E-state index is -0.726. The highest BCUT2D eigenvalue weighted by Crippen LogP contribution is 2.38. The molecular weight excluding hydrogens is 410 g/mol. The molecule has 3 rings (SSSR count). The maximum absolute atomic E-state index is 13.0. The quantitative estimate of drug-likeness (QED) is 0.448. The second-order valence-corrected chi connectivity index (χ2v) is 9.42. The van der Waals surface area contributed by atoms with Crippen molar-refractivity contribution in [3.63, 3.8) is 0 Å². The first kappa shape index (κ1) is 24.6. The fourth-order valence-corrected chi connectivity index (χ4v) is 5.41. The second kappa shape index (κ2) is 11.2. The lowest BCUT2D eigenvalue weighted by molar-refractivity contribution is -0.131. The Hall–Kier alpha value is -2.09. The van der Waals surface area contributed by atoms with E-state index in [9.17, 15) is 29.7 Å². The van der Waals surface area contributed by atoms with Crippen LogP contribution in [0.25, 0.3) is 0 Å². The number of likely N-dealkylation sites (tertiary alicyclic amines) is 1. The molecule has 0 bridgehead atoms. The molecule has 3 atom stereocenters. The van der Waals surface area contributed by atoms with Crippen LogP contribution in [0.4, 0.5) is 0 Å². The highest BCUT2D eigenvalue weighted by molar-refractivity contribution is 6.01. The van der Waals surface area contributed by atoms with E-state index in [1.54, 1.807) is 6.07 Å². The first-order valence-electron chi connectivity index (χ1n) is 11.7. The molecule has 0 aromatic heterocycles. The maximum atomic E-state index is 13.0. The molecular formula is C25H35NO6. The standard InChI is InChI=1S/C25H35NO6/c1-16(29)10-23(31)21(15-28)18(6-9-27)11-17-12-20-19(14-26-7-2-3-8-26)4-5-22(30)25(20)24(32)13-17/h4-5,17-18,21,27-28,30H,2-3,6-15H2,1H3. The molecule has 3 unspecified atom stereocenters. The van der Waals surface area contributed by atoms with Gasteiger partial charge in [0.15, 0.2) is 5.78 Å². The fraction of sp³-hybridized carbons (Fsp3) is 0.640. The third kappa shape index (κ3) is 5.82. The predicted octanol–water partition coefficient (Wildman–Crippen LogP) is 2.28. The van der Waals surface area contributed by atoms with Crippen LogP contribution in [-0.4, -0.2) is 63.9 Å². The molecule has 7 heteroatoms. The van der Waals surface area contributed by atoms with Gasteiger partial charge in [0.25, 0.3) is 0 Å². The zero-order valence-corrected chi connectivity index (χ0v) is 18.9. The molecule has 2 aliphatic rings. The van der Waals surface area contributed by atoms with E-state index in [1.807, 2.05) is 6.07 Å². The Morgan fingerprint density at radius 3 is 2.50 bits per heavy atom. The van der Waals surface area contributed by atoms with E-state index in [1.165, 1.54) is 19.8 Å². The highest BCUT2D eigenvalue weighted by Gasteiger charge is 2.35. The Morgan fingerprint density at radius 2 is 1.88 bits per heavy atom. The van der Waals surface area contributed by atoms with Crippen LogP contribution in [0, 0.1) is 17.8 Å². The van der Waals surface area contributed by atoms with Gasteiger partial charge in [-0.2, -0.15) is 0 Å². The third-order valence-electron chi connectivity index (χ3n) is 6.96. The Labute approximate surface area is 189 Å². The van der Waals surface area contributed by atoms with Gasteiger partial charge in [0.2, 0.25) is 0 Å². The van der Waals surface area contributed by atoms with Crippen molar-refractivity contribution >= 4 is 17.3 Å². The molecule has 0 amide bonds. The molecule has 1 aromatic carbocycles. The number of carbonyl (C=O) groups excluding carboxylic acids is 3. The van der Waals surface area contributed by atoms with E-state index in [-0.39, 0.29) is 61.0 Å². The Balaban J connectivity index is 1.81. The lowest BCUT2D eigenvalue weighted by atomic mass is 9.73. The van der Waals surface area contributed by atoms with Gasteiger partial charge in [0, 0.05) is 25.5 Å². The fourth-order valence-electron chi connectivity index (χ4n) is 5.41. The highest BCUT2D eigenvalue weighted by atomic mass is 16.3. The number of nitrogens with zero attached hydrogens (tertiary/aromatic N) is 1. The molecule has 1 aliphatic heterocycles. The van der Waals surface area contributed by atoms with E-state index < -0.39 is 5.92 Å². The monoisotopic (exact) mass is 445 g/mol. The Morgan fingerprint density at radius 1 is 1.16 bits per heavy atom. The van der Waals surface area contributed by atoms with Crippen LogP contribution in [0.15, 0.2) is 12.1 Å². The van der Waals surface area contributed by atoms with Crippen molar-refractivity contribution in [3.8, 4) is 5.75 Å². The van der Waals surface area contributed by atoms with Crippen LogP contribution in [0.1, 0.15) is 66.9 Å². The number of aromatic hydroxyl groups is 1. The average molecular weight is 446 g/mol. The molecule has 3 N–H and O–H groups in total. The molecule has 1 aromatic rings. The topological polar surface area (TPSA) is 115 Å². The van der Waals surface area contributed by atoms with Crippen molar-refractivity contribution in [2.24, 2.45) is 17.8 Å².